The smallest absolute Gasteiger partial charge is 0.229 e. The second kappa shape index (κ2) is 4.22. The molecule has 90 valence electrons. The molecule has 3 aromatic heterocycles. The van der Waals surface area contributed by atoms with E-state index in [1.807, 2.05) is 24.3 Å². The first-order chi connectivity index (χ1) is 8.74. The van der Waals surface area contributed by atoms with Gasteiger partial charge in [0.05, 0.1) is 0 Å². The average Bonchev–Trinajstić information content (AvgIpc) is 2.82. The number of aromatic nitrogens is 3. The fourth-order valence-electron chi connectivity index (χ4n) is 1.79. The van der Waals surface area contributed by atoms with E-state index in [0.29, 0.717) is 23.0 Å². The van der Waals surface area contributed by atoms with Crippen LogP contribution in [0.1, 0.15) is 25.5 Å². The molecule has 0 unspecified atom stereocenters. The van der Waals surface area contributed by atoms with Gasteiger partial charge in [-0.1, -0.05) is 13.8 Å². The molecule has 3 rings (SSSR count). The molecule has 0 fully saturated rings. The molecule has 0 spiro atoms. The van der Waals surface area contributed by atoms with Crippen LogP contribution in [0.4, 0.5) is 0 Å². The van der Waals surface area contributed by atoms with Crippen LogP contribution < -0.4 is 0 Å². The van der Waals surface area contributed by atoms with Crippen molar-refractivity contribution in [3.63, 3.8) is 0 Å². The first-order valence-electron chi connectivity index (χ1n) is 5.92. The van der Waals surface area contributed by atoms with Crippen LogP contribution in [0.2, 0.25) is 0 Å². The lowest BCUT2D eigenvalue weighted by molar-refractivity contribution is 0.619. The Morgan fingerprint density at radius 3 is 2.78 bits per heavy atom. The lowest BCUT2D eigenvalue weighted by Gasteiger charge is -2.04. The Balaban J connectivity index is 2.11. The van der Waals surface area contributed by atoms with Crippen LogP contribution in [0.5, 0.6) is 0 Å². The van der Waals surface area contributed by atoms with Crippen LogP contribution in [-0.2, 0) is 0 Å². The van der Waals surface area contributed by atoms with Crippen molar-refractivity contribution in [1.29, 1.82) is 0 Å². The normalized spacial score (nSPS) is 11.3. The summed E-state index contributed by atoms with van der Waals surface area (Å²) < 4.78 is 5.69. The first-order valence-corrected chi connectivity index (χ1v) is 5.92. The van der Waals surface area contributed by atoms with Gasteiger partial charge in [0.1, 0.15) is 0 Å². The van der Waals surface area contributed by atoms with Gasteiger partial charge in [0.25, 0.3) is 0 Å². The van der Waals surface area contributed by atoms with Gasteiger partial charge in [-0.3, -0.25) is 4.98 Å². The maximum absolute atomic E-state index is 5.69. The summed E-state index contributed by atoms with van der Waals surface area (Å²) in [6.07, 6.45) is 3.49. The molecule has 0 radical (unpaired) electrons. The minimum atomic E-state index is 0.382. The van der Waals surface area contributed by atoms with Crippen molar-refractivity contribution in [1.82, 2.24) is 15.0 Å². The van der Waals surface area contributed by atoms with Crippen molar-refractivity contribution in [2.45, 2.75) is 19.8 Å². The van der Waals surface area contributed by atoms with Crippen LogP contribution in [0.25, 0.3) is 22.7 Å². The molecule has 4 heteroatoms. The first kappa shape index (κ1) is 10.9. The maximum Gasteiger partial charge on any atom is 0.229 e. The predicted molar refractivity (Wildman–Crippen MR) is 69.1 cm³/mol. The molecule has 0 aliphatic rings. The molecular formula is C14H13N3O. The topological polar surface area (TPSA) is 51.8 Å². The third-order valence-electron chi connectivity index (χ3n) is 2.78. The van der Waals surface area contributed by atoms with Crippen molar-refractivity contribution in [2.75, 3.05) is 0 Å². The summed E-state index contributed by atoms with van der Waals surface area (Å²) in [5.41, 5.74) is 3.31. The van der Waals surface area contributed by atoms with E-state index >= 15 is 0 Å². The van der Waals surface area contributed by atoms with E-state index in [4.69, 9.17) is 4.42 Å². The number of hydrogen-bond acceptors (Lipinski definition) is 4. The Hall–Kier alpha value is -2.23. The number of hydrogen-bond donors (Lipinski definition) is 0. The number of fused-ring (bicyclic) bond motifs is 1. The molecule has 18 heavy (non-hydrogen) atoms. The van der Waals surface area contributed by atoms with Gasteiger partial charge in [0.15, 0.2) is 11.2 Å². The minimum Gasteiger partial charge on any atom is -0.434 e. The molecule has 4 nitrogen and oxygen atoms in total. The Labute approximate surface area is 105 Å². The van der Waals surface area contributed by atoms with Gasteiger partial charge in [0, 0.05) is 23.7 Å². The Kier molecular flexibility index (Phi) is 2.55. The molecule has 0 saturated heterocycles. The van der Waals surface area contributed by atoms with Crippen molar-refractivity contribution in [3.8, 4) is 11.5 Å². The van der Waals surface area contributed by atoms with Crippen molar-refractivity contribution in [3.05, 3.63) is 42.4 Å². The summed E-state index contributed by atoms with van der Waals surface area (Å²) in [5.74, 6) is 0.973. The predicted octanol–water partition coefficient (Wildman–Crippen LogP) is 3.41. The van der Waals surface area contributed by atoms with Gasteiger partial charge in [-0.2, -0.15) is 4.98 Å². The Bertz CT molecular complexity index is 655. The standard InChI is InChI=1S/C14H13N3O/c1-9(2)11-8-10(5-7-15-11)14-17-13-12(18-14)4-3-6-16-13/h3-9H,1-2H3. The zero-order valence-corrected chi connectivity index (χ0v) is 10.3. The van der Waals surface area contributed by atoms with Crippen molar-refractivity contribution >= 4 is 11.2 Å². The van der Waals surface area contributed by atoms with Gasteiger partial charge < -0.3 is 4.42 Å². The fourth-order valence-corrected chi connectivity index (χ4v) is 1.79. The lowest BCUT2D eigenvalue weighted by atomic mass is 10.1. The maximum atomic E-state index is 5.69. The van der Waals surface area contributed by atoms with E-state index in [9.17, 15) is 0 Å². The van der Waals surface area contributed by atoms with Crippen LogP contribution >= 0.6 is 0 Å². The second-order valence-corrected chi connectivity index (χ2v) is 4.47. The number of rotatable bonds is 2. The summed E-state index contributed by atoms with van der Waals surface area (Å²) in [6, 6.07) is 7.61. The molecule has 0 saturated carbocycles. The van der Waals surface area contributed by atoms with Crippen LogP contribution in [-0.4, -0.2) is 15.0 Å². The minimum absolute atomic E-state index is 0.382. The van der Waals surface area contributed by atoms with Crippen LogP contribution in [0.15, 0.2) is 41.1 Å². The SMILES string of the molecule is CC(C)c1cc(-c2nc3ncccc3o2)ccn1. The van der Waals surface area contributed by atoms with E-state index in [0.717, 1.165) is 11.3 Å². The molecule has 0 aliphatic heterocycles. The monoisotopic (exact) mass is 239 g/mol. The van der Waals surface area contributed by atoms with Crippen LogP contribution in [0, 0.1) is 0 Å². The summed E-state index contributed by atoms with van der Waals surface area (Å²) >= 11 is 0. The third kappa shape index (κ3) is 1.86. The summed E-state index contributed by atoms with van der Waals surface area (Å²) in [5, 5.41) is 0. The summed E-state index contributed by atoms with van der Waals surface area (Å²) in [7, 11) is 0. The average molecular weight is 239 g/mol. The third-order valence-corrected chi connectivity index (χ3v) is 2.78. The van der Waals surface area contributed by atoms with E-state index in [1.54, 1.807) is 12.4 Å². The number of pyridine rings is 2. The highest BCUT2D eigenvalue weighted by atomic mass is 16.3. The zero-order chi connectivity index (χ0) is 12.5. The molecule has 0 amide bonds. The highest BCUT2D eigenvalue weighted by Crippen LogP contribution is 2.24. The molecule has 3 heterocycles. The largest absolute Gasteiger partial charge is 0.434 e. The van der Waals surface area contributed by atoms with Gasteiger partial charge in [-0.25, -0.2) is 4.98 Å². The van der Waals surface area contributed by atoms with Crippen LogP contribution in [0.3, 0.4) is 0 Å². The molecule has 0 bridgehead atoms. The van der Waals surface area contributed by atoms with E-state index < -0.39 is 0 Å². The number of nitrogens with zero attached hydrogens (tertiary/aromatic N) is 3. The summed E-state index contributed by atoms with van der Waals surface area (Å²) in [4.78, 5) is 12.9. The summed E-state index contributed by atoms with van der Waals surface area (Å²) in [6.45, 7) is 4.22. The highest BCUT2D eigenvalue weighted by molar-refractivity contribution is 5.71. The van der Waals surface area contributed by atoms with Gasteiger partial charge >= 0.3 is 0 Å². The Morgan fingerprint density at radius 1 is 1.11 bits per heavy atom. The zero-order valence-electron chi connectivity index (χ0n) is 10.3. The quantitative estimate of drug-likeness (QED) is 0.687. The molecule has 0 atom stereocenters. The van der Waals surface area contributed by atoms with E-state index in [-0.39, 0.29) is 0 Å². The molecule has 0 aromatic carbocycles. The second-order valence-electron chi connectivity index (χ2n) is 4.47. The molecular weight excluding hydrogens is 226 g/mol. The molecule has 3 aromatic rings. The Morgan fingerprint density at radius 2 is 2.00 bits per heavy atom. The van der Waals surface area contributed by atoms with Crippen molar-refractivity contribution < 1.29 is 4.42 Å². The van der Waals surface area contributed by atoms with E-state index in [2.05, 4.69) is 28.8 Å². The van der Waals surface area contributed by atoms with E-state index in [1.165, 1.54) is 0 Å². The molecule has 0 aliphatic carbocycles. The molecule has 0 N–H and O–H groups in total. The number of oxazole rings is 1. The fraction of sp³-hybridized carbons (Fsp3) is 0.214. The highest BCUT2D eigenvalue weighted by Gasteiger charge is 2.10. The lowest BCUT2D eigenvalue weighted by Crippen LogP contribution is -1.92. The van der Waals surface area contributed by atoms with Gasteiger partial charge in [0.2, 0.25) is 5.89 Å². The van der Waals surface area contributed by atoms with Crippen molar-refractivity contribution in [2.24, 2.45) is 0 Å². The van der Waals surface area contributed by atoms with Gasteiger partial charge in [-0.05, 0) is 30.2 Å². The van der Waals surface area contributed by atoms with Gasteiger partial charge in [-0.15, -0.1) is 0 Å².